The van der Waals surface area contributed by atoms with Crippen molar-refractivity contribution >= 4 is 28.6 Å². The lowest BCUT2D eigenvalue weighted by molar-refractivity contribution is 0.271. The maximum Gasteiger partial charge on any atom is 0.163 e. The van der Waals surface area contributed by atoms with Gasteiger partial charge in [-0.25, -0.2) is 14.6 Å². The third kappa shape index (κ3) is 2.66. The maximum absolute atomic E-state index is 9.11. The van der Waals surface area contributed by atoms with Gasteiger partial charge in [-0.05, 0) is 18.1 Å². The van der Waals surface area contributed by atoms with Crippen molar-refractivity contribution in [1.29, 1.82) is 0 Å². The van der Waals surface area contributed by atoms with E-state index in [0.29, 0.717) is 6.54 Å². The second kappa shape index (κ2) is 6.17. The van der Waals surface area contributed by atoms with Crippen LogP contribution in [-0.4, -0.2) is 37.2 Å². The van der Waals surface area contributed by atoms with E-state index in [1.54, 1.807) is 17.2 Å². The molecule has 1 atom stereocenters. The van der Waals surface area contributed by atoms with Gasteiger partial charge < -0.3 is 10.4 Å². The number of fused-ring (bicyclic) bond motifs is 2. The quantitative estimate of drug-likeness (QED) is 0.767. The molecule has 0 bridgehead atoms. The minimum atomic E-state index is 0.0385. The average molecular weight is 327 g/mol. The van der Waals surface area contributed by atoms with Crippen LogP contribution >= 0.6 is 11.8 Å². The van der Waals surface area contributed by atoms with Crippen LogP contribution in [0.1, 0.15) is 18.0 Å². The second-order valence-electron chi connectivity index (χ2n) is 5.42. The summed E-state index contributed by atoms with van der Waals surface area (Å²) in [6, 6.07) is 8.74. The lowest BCUT2D eigenvalue weighted by Crippen LogP contribution is -2.17. The van der Waals surface area contributed by atoms with Gasteiger partial charge in [-0.1, -0.05) is 18.2 Å². The minimum Gasteiger partial charge on any atom is -0.394 e. The predicted molar refractivity (Wildman–Crippen MR) is 90.6 cm³/mol. The van der Waals surface area contributed by atoms with Crippen molar-refractivity contribution in [1.82, 2.24) is 19.7 Å². The molecule has 0 radical (unpaired) electrons. The SMILES string of the molecule is OCCn1ncc2c(NC3CCSc4ccccc43)ncnc21. The van der Waals surface area contributed by atoms with Crippen molar-refractivity contribution in [3.63, 3.8) is 0 Å². The van der Waals surface area contributed by atoms with Crippen molar-refractivity contribution in [3.05, 3.63) is 42.4 Å². The van der Waals surface area contributed by atoms with Crippen LogP contribution in [0.3, 0.4) is 0 Å². The highest BCUT2D eigenvalue weighted by Crippen LogP contribution is 2.38. The molecule has 118 valence electrons. The van der Waals surface area contributed by atoms with E-state index in [4.69, 9.17) is 5.11 Å². The summed E-state index contributed by atoms with van der Waals surface area (Å²) in [5, 5.41) is 17.8. The Hall–Kier alpha value is -2.12. The molecular formula is C16H17N5OS. The number of anilines is 1. The molecule has 3 aromatic rings. The van der Waals surface area contributed by atoms with E-state index in [2.05, 4.69) is 44.6 Å². The number of nitrogens with zero attached hydrogens (tertiary/aromatic N) is 4. The van der Waals surface area contributed by atoms with Crippen LogP contribution in [0.2, 0.25) is 0 Å². The Bertz CT molecular complexity index is 834. The Morgan fingerprint density at radius 3 is 3.13 bits per heavy atom. The number of rotatable bonds is 4. The van der Waals surface area contributed by atoms with Gasteiger partial charge in [-0.2, -0.15) is 5.10 Å². The van der Waals surface area contributed by atoms with E-state index in [0.717, 1.165) is 29.0 Å². The third-order valence-electron chi connectivity index (χ3n) is 4.01. The Morgan fingerprint density at radius 2 is 2.22 bits per heavy atom. The molecule has 3 heterocycles. The number of thioether (sulfide) groups is 1. The molecule has 1 aliphatic heterocycles. The summed E-state index contributed by atoms with van der Waals surface area (Å²) in [6.45, 7) is 0.472. The number of hydrogen-bond acceptors (Lipinski definition) is 6. The Morgan fingerprint density at radius 1 is 1.30 bits per heavy atom. The van der Waals surface area contributed by atoms with Gasteiger partial charge in [-0.15, -0.1) is 11.8 Å². The molecule has 4 rings (SSSR count). The zero-order chi connectivity index (χ0) is 15.6. The predicted octanol–water partition coefficient (Wildman–Crippen LogP) is 2.47. The minimum absolute atomic E-state index is 0.0385. The van der Waals surface area contributed by atoms with E-state index < -0.39 is 0 Å². The molecule has 2 aromatic heterocycles. The lowest BCUT2D eigenvalue weighted by Gasteiger charge is -2.26. The van der Waals surface area contributed by atoms with Crippen LogP contribution in [-0.2, 0) is 6.54 Å². The Labute approximate surface area is 138 Å². The highest BCUT2D eigenvalue weighted by atomic mass is 32.2. The van der Waals surface area contributed by atoms with Crippen LogP contribution in [0.5, 0.6) is 0 Å². The van der Waals surface area contributed by atoms with Gasteiger partial charge >= 0.3 is 0 Å². The first-order valence-corrected chi connectivity index (χ1v) is 8.61. The molecule has 0 saturated carbocycles. The van der Waals surface area contributed by atoms with Crippen molar-refractivity contribution in [2.45, 2.75) is 23.9 Å². The molecule has 6 nitrogen and oxygen atoms in total. The summed E-state index contributed by atoms with van der Waals surface area (Å²) in [4.78, 5) is 10.0. The number of hydrogen-bond donors (Lipinski definition) is 2. The third-order valence-corrected chi connectivity index (χ3v) is 5.14. The summed E-state index contributed by atoms with van der Waals surface area (Å²) in [7, 11) is 0. The molecule has 0 aliphatic carbocycles. The number of nitrogens with one attached hydrogen (secondary N) is 1. The summed E-state index contributed by atoms with van der Waals surface area (Å²) >= 11 is 1.90. The number of benzene rings is 1. The fraction of sp³-hybridized carbons (Fsp3) is 0.312. The molecule has 0 fully saturated rings. The van der Waals surface area contributed by atoms with Crippen molar-refractivity contribution < 1.29 is 5.11 Å². The summed E-state index contributed by atoms with van der Waals surface area (Å²) < 4.78 is 1.70. The molecule has 1 unspecified atom stereocenters. The van der Waals surface area contributed by atoms with Gasteiger partial charge in [0.05, 0.1) is 30.8 Å². The Balaban J connectivity index is 1.69. The molecule has 0 amide bonds. The Kier molecular flexibility index (Phi) is 3.88. The van der Waals surface area contributed by atoms with E-state index in [1.807, 2.05) is 11.8 Å². The first-order chi connectivity index (χ1) is 11.4. The first kappa shape index (κ1) is 14.5. The molecule has 0 spiro atoms. The highest BCUT2D eigenvalue weighted by molar-refractivity contribution is 7.99. The maximum atomic E-state index is 9.11. The molecule has 23 heavy (non-hydrogen) atoms. The van der Waals surface area contributed by atoms with Gasteiger partial charge in [0.15, 0.2) is 5.65 Å². The summed E-state index contributed by atoms with van der Waals surface area (Å²) in [5.74, 6) is 1.89. The molecule has 0 saturated heterocycles. The van der Waals surface area contributed by atoms with Gasteiger partial charge in [0.1, 0.15) is 12.1 Å². The van der Waals surface area contributed by atoms with Crippen molar-refractivity contribution in [2.75, 3.05) is 17.7 Å². The van der Waals surface area contributed by atoms with Gasteiger partial charge in [0.2, 0.25) is 0 Å². The summed E-state index contributed by atoms with van der Waals surface area (Å²) in [5.41, 5.74) is 2.06. The van der Waals surface area contributed by atoms with Gasteiger partial charge in [0.25, 0.3) is 0 Å². The van der Waals surface area contributed by atoms with Crippen LogP contribution in [0.4, 0.5) is 5.82 Å². The normalized spacial score (nSPS) is 17.2. The largest absolute Gasteiger partial charge is 0.394 e. The second-order valence-corrected chi connectivity index (χ2v) is 6.56. The first-order valence-electron chi connectivity index (χ1n) is 7.62. The topological polar surface area (TPSA) is 75.9 Å². The van der Waals surface area contributed by atoms with E-state index in [-0.39, 0.29) is 12.6 Å². The van der Waals surface area contributed by atoms with Crippen LogP contribution in [0, 0.1) is 0 Å². The van der Waals surface area contributed by atoms with E-state index >= 15 is 0 Å². The van der Waals surface area contributed by atoms with Crippen LogP contribution in [0.25, 0.3) is 11.0 Å². The standard InChI is InChI=1S/C16H17N5OS/c22-7-6-21-16-12(9-19-21)15(17-10-18-16)20-13-5-8-23-14-4-2-1-3-11(13)14/h1-4,9-10,13,22H,5-8H2,(H,17,18,20). The smallest absolute Gasteiger partial charge is 0.163 e. The molecular weight excluding hydrogens is 310 g/mol. The molecule has 1 aliphatic rings. The number of aliphatic hydroxyl groups excluding tert-OH is 1. The van der Waals surface area contributed by atoms with Gasteiger partial charge in [-0.3, -0.25) is 0 Å². The fourth-order valence-electron chi connectivity index (χ4n) is 2.92. The molecule has 1 aromatic carbocycles. The van der Waals surface area contributed by atoms with Crippen LogP contribution < -0.4 is 5.32 Å². The van der Waals surface area contributed by atoms with Crippen molar-refractivity contribution in [2.24, 2.45) is 0 Å². The monoisotopic (exact) mass is 327 g/mol. The molecule has 2 N–H and O–H groups in total. The fourth-order valence-corrected chi connectivity index (χ4v) is 4.05. The molecule has 7 heteroatoms. The van der Waals surface area contributed by atoms with Gasteiger partial charge in [0, 0.05) is 10.6 Å². The average Bonchev–Trinajstić information content (AvgIpc) is 3.00. The lowest BCUT2D eigenvalue weighted by atomic mass is 10.0. The highest BCUT2D eigenvalue weighted by Gasteiger charge is 2.21. The number of aromatic nitrogens is 4. The zero-order valence-corrected chi connectivity index (χ0v) is 13.3. The van der Waals surface area contributed by atoms with E-state index in [1.165, 1.54) is 10.5 Å². The van der Waals surface area contributed by atoms with Crippen molar-refractivity contribution in [3.8, 4) is 0 Å². The van der Waals surface area contributed by atoms with E-state index in [9.17, 15) is 0 Å². The zero-order valence-electron chi connectivity index (χ0n) is 12.5. The summed E-state index contributed by atoms with van der Waals surface area (Å²) in [6.07, 6.45) is 4.36. The number of aliphatic hydroxyl groups is 1. The van der Waals surface area contributed by atoms with Crippen LogP contribution in [0.15, 0.2) is 41.7 Å².